The Morgan fingerprint density at radius 3 is 2.89 bits per heavy atom. The van der Waals surface area contributed by atoms with Crippen molar-refractivity contribution < 1.29 is 29.2 Å². The minimum atomic E-state index is -0.842. The quantitative estimate of drug-likeness (QED) is 0.773. The fraction of sp³-hybridized carbons (Fsp3) is 0.917. The van der Waals surface area contributed by atoms with Gasteiger partial charge in [-0.3, -0.25) is 4.79 Å². The summed E-state index contributed by atoms with van der Waals surface area (Å²) >= 11 is 0. The van der Waals surface area contributed by atoms with Gasteiger partial charge in [-0.2, -0.15) is 0 Å². The lowest BCUT2D eigenvalue weighted by atomic mass is 10.0. The van der Waals surface area contributed by atoms with Gasteiger partial charge in [0.05, 0.1) is 31.8 Å². The maximum absolute atomic E-state index is 11.0. The van der Waals surface area contributed by atoms with Crippen LogP contribution in [0, 0.1) is 5.92 Å². The molecule has 6 heteroatoms. The van der Waals surface area contributed by atoms with E-state index in [1.807, 2.05) is 0 Å². The third kappa shape index (κ3) is 6.30. The van der Waals surface area contributed by atoms with Crippen LogP contribution >= 0.6 is 0 Å². The molecule has 3 atom stereocenters. The summed E-state index contributed by atoms with van der Waals surface area (Å²) in [6.45, 7) is 2.71. The van der Waals surface area contributed by atoms with Crippen LogP contribution in [-0.4, -0.2) is 55.0 Å². The Labute approximate surface area is 107 Å². The monoisotopic (exact) mass is 262 g/mol. The zero-order chi connectivity index (χ0) is 13.4. The second-order valence-electron chi connectivity index (χ2n) is 4.55. The van der Waals surface area contributed by atoms with Crippen LogP contribution in [0.2, 0.25) is 0 Å². The van der Waals surface area contributed by atoms with E-state index in [-0.39, 0.29) is 19.8 Å². The van der Waals surface area contributed by atoms with Gasteiger partial charge in [0.1, 0.15) is 0 Å². The molecule has 0 aliphatic carbocycles. The molecule has 0 aromatic carbocycles. The molecule has 0 aromatic rings. The lowest BCUT2D eigenvalue weighted by Crippen LogP contribution is -2.31. The van der Waals surface area contributed by atoms with Gasteiger partial charge in [0.2, 0.25) is 0 Å². The molecule has 0 aromatic heterocycles. The fourth-order valence-corrected chi connectivity index (χ4v) is 1.67. The fourth-order valence-electron chi connectivity index (χ4n) is 1.67. The van der Waals surface area contributed by atoms with Crippen molar-refractivity contribution >= 4 is 5.97 Å². The molecule has 6 nitrogen and oxygen atoms in total. The van der Waals surface area contributed by atoms with Crippen LogP contribution in [0.5, 0.6) is 0 Å². The number of carboxylic acids is 1. The largest absolute Gasteiger partial charge is 0.481 e. The summed E-state index contributed by atoms with van der Waals surface area (Å²) in [6, 6.07) is 0. The van der Waals surface area contributed by atoms with Gasteiger partial charge in [-0.05, 0) is 19.8 Å². The van der Waals surface area contributed by atoms with Gasteiger partial charge in [0.15, 0.2) is 6.29 Å². The summed E-state index contributed by atoms with van der Waals surface area (Å²) in [6.07, 6.45) is 1.05. The number of rotatable bonds is 4. The van der Waals surface area contributed by atoms with Crippen LogP contribution < -0.4 is 0 Å². The molecule has 0 radical (unpaired) electrons. The summed E-state index contributed by atoms with van der Waals surface area (Å²) in [5, 5.41) is 18.2. The van der Waals surface area contributed by atoms with Gasteiger partial charge in [0, 0.05) is 6.61 Å². The zero-order valence-corrected chi connectivity index (χ0v) is 10.7. The van der Waals surface area contributed by atoms with Crippen LogP contribution in [0.4, 0.5) is 0 Å². The third-order valence-corrected chi connectivity index (χ3v) is 2.70. The van der Waals surface area contributed by atoms with Gasteiger partial charge >= 0.3 is 5.97 Å². The zero-order valence-electron chi connectivity index (χ0n) is 10.7. The first-order chi connectivity index (χ1) is 8.59. The molecule has 0 spiro atoms. The topological polar surface area (TPSA) is 85.2 Å². The predicted octanol–water partition coefficient (Wildman–Crippen LogP) is 0.628. The van der Waals surface area contributed by atoms with Gasteiger partial charge < -0.3 is 24.4 Å². The smallest absolute Gasteiger partial charge is 0.308 e. The summed E-state index contributed by atoms with van der Waals surface area (Å²) in [7, 11) is 0. The molecular formula is C12H22O6. The average Bonchev–Trinajstić information content (AvgIpc) is 2.33. The molecule has 0 bridgehead atoms. The second kappa shape index (κ2) is 8.42. The van der Waals surface area contributed by atoms with Gasteiger partial charge in [-0.15, -0.1) is 0 Å². The molecule has 1 aliphatic rings. The van der Waals surface area contributed by atoms with E-state index >= 15 is 0 Å². The second-order valence-corrected chi connectivity index (χ2v) is 4.55. The number of hydrogen-bond acceptors (Lipinski definition) is 5. The van der Waals surface area contributed by atoms with E-state index < -0.39 is 24.3 Å². The number of ether oxygens (including phenoxy) is 3. The number of carbonyl (C=O) groups is 1. The molecule has 2 N–H and O–H groups in total. The molecule has 1 rings (SSSR count). The van der Waals surface area contributed by atoms with E-state index in [0.717, 1.165) is 12.8 Å². The minimum Gasteiger partial charge on any atom is -0.481 e. The predicted molar refractivity (Wildman–Crippen MR) is 63.2 cm³/mol. The molecule has 3 unspecified atom stereocenters. The van der Waals surface area contributed by atoms with Crippen molar-refractivity contribution in [2.45, 2.75) is 38.6 Å². The molecule has 1 saturated heterocycles. The van der Waals surface area contributed by atoms with E-state index in [4.69, 9.17) is 24.4 Å². The van der Waals surface area contributed by atoms with Crippen LogP contribution in [-0.2, 0) is 19.0 Å². The lowest BCUT2D eigenvalue weighted by Gasteiger charge is -2.23. The minimum absolute atomic E-state index is 0.114. The summed E-state index contributed by atoms with van der Waals surface area (Å²) in [4.78, 5) is 11.0. The SMILES string of the molecule is CC(O)COC1COCCCCC(C(=O)O)CO1. The van der Waals surface area contributed by atoms with Crippen molar-refractivity contribution in [1.82, 2.24) is 0 Å². The Morgan fingerprint density at radius 2 is 2.22 bits per heavy atom. The molecule has 0 saturated carbocycles. The van der Waals surface area contributed by atoms with Crippen LogP contribution in [0.3, 0.4) is 0 Å². The Morgan fingerprint density at radius 1 is 1.44 bits per heavy atom. The molecular weight excluding hydrogens is 240 g/mol. The van der Waals surface area contributed by atoms with Crippen LogP contribution in [0.15, 0.2) is 0 Å². The Bertz CT molecular complexity index is 243. The van der Waals surface area contributed by atoms with Crippen LogP contribution in [0.25, 0.3) is 0 Å². The maximum atomic E-state index is 11.0. The molecule has 1 aliphatic heterocycles. The molecule has 18 heavy (non-hydrogen) atoms. The number of aliphatic hydroxyl groups is 1. The summed E-state index contributed by atoms with van der Waals surface area (Å²) in [5.74, 6) is -1.34. The van der Waals surface area contributed by atoms with Crippen molar-refractivity contribution in [1.29, 1.82) is 0 Å². The number of aliphatic hydroxyl groups excluding tert-OH is 1. The highest BCUT2D eigenvalue weighted by molar-refractivity contribution is 5.70. The summed E-state index contributed by atoms with van der Waals surface area (Å²) < 4.78 is 16.1. The van der Waals surface area contributed by atoms with Gasteiger partial charge in [-0.25, -0.2) is 0 Å². The lowest BCUT2D eigenvalue weighted by molar-refractivity contribution is -0.193. The number of aliphatic carboxylic acids is 1. The third-order valence-electron chi connectivity index (χ3n) is 2.70. The van der Waals surface area contributed by atoms with Gasteiger partial charge in [0.25, 0.3) is 0 Å². The van der Waals surface area contributed by atoms with E-state index in [1.54, 1.807) is 6.92 Å². The Balaban J connectivity index is 2.43. The first-order valence-electron chi connectivity index (χ1n) is 6.31. The molecule has 106 valence electrons. The summed E-state index contributed by atoms with van der Waals surface area (Å²) in [5.41, 5.74) is 0. The highest BCUT2D eigenvalue weighted by atomic mass is 16.7. The first-order valence-corrected chi connectivity index (χ1v) is 6.31. The van der Waals surface area contributed by atoms with E-state index in [2.05, 4.69) is 0 Å². The normalized spacial score (nSPS) is 28.6. The van der Waals surface area contributed by atoms with E-state index in [1.165, 1.54) is 0 Å². The number of carboxylic acid groups (broad SMARTS) is 1. The van der Waals surface area contributed by atoms with Gasteiger partial charge in [-0.1, -0.05) is 6.42 Å². The van der Waals surface area contributed by atoms with Crippen molar-refractivity contribution in [2.24, 2.45) is 5.92 Å². The van der Waals surface area contributed by atoms with Crippen molar-refractivity contribution in [3.8, 4) is 0 Å². The highest BCUT2D eigenvalue weighted by Crippen LogP contribution is 2.13. The van der Waals surface area contributed by atoms with Crippen molar-refractivity contribution in [3.63, 3.8) is 0 Å². The average molecular weight is 262 g/mol. The first kappa shape index (κ1) is 15.4. The van der Waals surface area contributed by atoms with Crippen molar-refractivity contribution in [2.75, 3.05) is 26.4 Å². The Hall–Kier alpha value is -0.690. The molecule has 1 fully saturated rings. The maximum Gasteiger partial charge on any atom is 0.308 e. The van der Waals surface area contributed by atoms with Crippen molar-refractivity contribution in [3.05, 3.63) is 0 Å². The highest BCUT2D eigenvalue weighted by Gasteiger charge is 2.21. The van der Waals surface area contributed by atoms with E-state index in [0.29, 0.717) is 13.0 Å². The Kier molecular flexibility index (Phi) is 7.19. The van der Waals surface area contributed by atoms with Crippen LogP contribution in [0.1, 0.15) is 26.2 Å². The molecule has 1 heterocycles. The molecule has 0 amide bonds. The standard InChI is InChI=1S/C12H22O6/c1-9(13)6-17-11-8-16-5-3-2-4-10(7-18-11)12(14)15/h9-11,13H,2-8H2,1H3,(H,14,15). The number of hydrogen-bond donors (Lipinski definition) is 2. The van der Waals surface area contributed by atoms with E-state index in [9.17, 15) is 4.79 Å².